The number of esters is 3. The van der Waals surface area contributed by atoms with E-state index in [1.165, 1.54) is 19.1 Å². The van der Waals surface area contributed by atoms with E-state index in [9.17, 15) is 19.2 Å². The van der Waals surface area contributed by atoms with Crippen molar-refractivity contribution in [1.82, 2.24) is 5.32 Å². The minimum absolute atomic E-state index is 0.0370. The maximum atomic E-state index is 13.3. The third-order valence-electron chi connectivity index (χ3n) is 5.48. The molecule has 0 amide bonds. The highest BCUT2D eigenvalue weighted by molar-refractivity contribution is 6.42. The quantitative estimate of drug-likeness (QED) is 0.191. The summed E-state index contributed by atoms with van der Waals surface area (Å²) in [6, 6.07) is 10.9. The maximum Gasteiger partial charge on any atom is 0.513 e. The Hall–Kier alpha value is -4.02. The molecule has 10 nitrogen and oxygen atoms in total. The molecule has 1 unspecified atom stereocenters. The van der Waals surface area contributed by atoms with Gasteiger partial charge in [0.25, 0.3) is 0 Å². The molecule has 1 heterocycles. The number of nitrogens with one attached hydrogen (secondary N) is 1. The van der Waals surface area contributed by atoms with Gasteiger partial charge < -0.3 is 29.0 Å². The first kappa shape index (κ1) is 29.5. The molecule has 2 aromatic carbocycles. The van der Waals surface area contributed by atoms with E-state index < -0.39 is 30.0 Å². The van der Waals surface area contributed by atoms with Crippen LogP contribution in [0, 0.1) is 0 Å². The average molecular weight is 578 g/mol. The molecule has 1 atom stereocenters. The Kier molecular flexibility index (Phi) is 9.97. The molecule has 0 saturated heterocycles. The highest BCUT2D eigenvalue weighted by Gasteiger charge is 2.38. The van der Waals surface area contributed by atoms with Crippen molar-refractivity contribution >= 4 is 47.3 Å². The zero-order valence-electron chi connectivity index (χ0n) is 21.5. The summed E-state index contributed by atoms with van der Waals surface area (Å²) in [4.78, 5) is 49.1. The molecule has 0 aromatic heterocycles. The number of methoxy groups -OCH3 is 1. The second kappa shape index (κ2) is 13.2. The Labute approximate surface area is 234 Å². The molecule has 1 aliphatic rings. The number of allylic oxidation sites excluding steroid dienone is 3. The lowest BCUT2D eigenvalue weighted by Gasteiger charge is -2.30. The molecule has 1 aliphatic heterocycles. The summed E-state index contributed by atoms with van der Waals surface area (Å²) in [6.45, 7) is 3.92. The first-order chi connectivity index (χ1) is 18.5. The van der Waals surface area contributed by atoms with Crippen molar-refractivity contribution in [2.75, 3.05) is 20.3 Å². The van der Waals surface area contributed by atoms with Gasteiger partial charge in [-0.15, -0.1) is 0 Å². The highest BCUT2D eigenvalue weighted by Crippen LogP contribution is 2.43. The van der Waals surface area contributed by atoms with Crippen LogP contribution < -0.4 is 10.1 Å². The third-order valence-corrected chi connectivity index (χ3v) is 6.32. The van der Waals surface area contributed by atoms with Crippen LogP contribution in [0.2, 0.25) is 10.0 Å². The Bertz CT molecular complexity index is 1370. The molecule has 3 rings (SSSR count). The first-order valence-electron chi connectivity index (χ1n) is 11.5. The van der Waals surface area contributed by atoms with E-state index in [0.717, 1.165) is 7.11 Å². The number of halogens is 2. The Morgan fingerprint density at radius 1 is 0.872 bits per heavy atom. The lowest BCUT2D eigenvalue weighted by atomic mass is 9.85. The van der Waals surface area contributed by atoms with Crippen LogP contribution in [-0.2, 0) is 28.5 Å². The van der Waals surface area contributed by atoms with E-state index >= 15 is 0 Å². The van der Waals surface area contributed by atoms with Gasteiger partial charge in [-0.25, -0.2) is 14.4 Å². The normalized spacial score (nSPS) is 14.8. The van der Waals surface area contributed by atoms with Crippen LogP contribution in [0.5, 0.6) is 5.75 Å². The Morgan fingerprint density at radius 3 is 2.21 bits per heavy atom. The molecule has 0 aliphatic carbocycles. The molecule has 206 valence electrons. The van der Waals surface area contributed by atoms with E-state index in [1.54, 1.807) is 44.2 Å². The zero-order chi connectivity index (χ0) is 28.7. The van der Waals surface area contributed by atoms with E-state index in [4.69, 9.17) is 42.1 Å². The van der Waals surface area contributed by atoms with Crippen molar-refractivity contribution in [2.45, 2.75) is 26.7 Å². The van der Waals surface area contributed by atoms with Gasteiger partial charge in [0.05, 0.1) is 34.3 Å². The fourth-order valence-corrected chi connectivity index (χ4v) is 4.27. The van der Waals surface area contributed by atoms with Crippen LogP contribution in [0.3, 0.4) is 0 Å². The summed E-state index contributed by atoms with van der Waals surface area (Å²) < 4.78 is 25.6. The van der Waals surface area contributed by atoms with Crippen molar-refractivity contribution in [3.05, 3.63) is 86.4 Å². The number of hydrogen-bond donors (Lipinski definition) is 1. The first-order valence-corrected chi connectivity index (χ1v) is 12.3. The summed E-state index contributed by atoms with van der Waals surface area (Å²) in [5.74, 6) is -3.01. The zero-order valence-corrected chi connectivity index (χ0v) is 23.0. The monoisotopic (exact) mass is 577 g/mol. The maximum absolute atomic E-state index is 13.3. The fourth-order valence-electron chi connectivity index (χ4n) is 3.86. The van der Waals surface area contributed by atoms with Crippen LogP contribution in [-0.4, -0.2) is 44.4 Å². The minimum Gasteiger partial charge on any atom is -0.459 e. The molecular weight excluding hydrogens is 553 g/mol. The standard InChI is InChI=1S/C27H25Cl2NO9/c1-14-21(26(33)37-13-12-36-25(32)17-8-5-6-11-20(17)38-16(3)31)22(18-9-7-10-19(28)23(18)29)24(15(2)30-14)39-27(34)35-4/h5-11,22,30H,12-13H2,1-4H3. The van der Waals surface area contributed by atoms with Crippen LogP contribution in [0.4, 0.5) is 4.79 Å². The fraction of sp³-hybridized carbons (Fsp3) is 0.259. The van der Waals surface area contributed by atoms with Gasteiger partial charge in [0.2, 0.25) is 0 Å². The number of dihydropyridines is 1. The van der Waals surface area contributed by atoms with Gasteiger partial charge in [-0.05, 0) is 37.6 Å². The highest BCUT2D eigenvalue weighted by atomic mass is 35.5. The van der Waals surface area contributed by atoms with Gasteiger partial charge >= 0.3 is 24.1 Å². The smallest absolute Gasteiger partial charge is 0.459 e. The molecule has 0 spiro atoms. The van der Waals surface area contributed by atoms with Gasteiger partial charge in [0, 0.05) is 12.6 Å². The number of para-hydroxylation sites is 1. The SMILES string of the molecule is COC(=O)OC1=C(C)NC(C)=C(C(=O)OCCOC(=O)c2ccccc2OC(C)=O)C1c1cccc(Cl)c1Cl. The van der Waals surface area contributed by atoms with Crippen molar-refractivity contribution in [2.24, 2.45) is 0 Å². The number of rotatable bonds is 8. The predicted molar refractivity (Wildman–Crippen MR) is 140 cm³/mol. The van der Waals surface area contributed by atoms with E-state index in [1.807, 2.05) is 0 Å². The van der Waals surface area contributed by atoms with E-state index in [0.29, 0.717) is 17.0 Å². The summed E-state index contributed by atoms with van der Waals surface area (Å²) in [7, 11) is 1.15. The molecule has 1 N–H and O–H groups in total. The number of ether oxygens (including phenoxy) is 5. The molecule has 0 fully saturated rings. The largest absolute Gasteiger partial charge is 0.513 e. The van der Waals surface area contributed by atoms with Gasteiger partial charge in [0.1, 0.15) is 30.3 Å². The second-order valence-electron chi connectivity index (χ2n) is 8.15. The van der Waals surface area contributed by atoms with Crippen LogP contribution in [0.15, 0.2) is 65.2 Å². The Balaban J connectivity index is 1.79. The van der Waals surface area contributed by atoms with Crippen molar-refractivity contribution in [1.29, 1.82) is 0 Å². The van der Waals surface area contributed by atoms with Gasteiger partial charge in [-0.3, -0.25) is 4.79 Å². The van der Waals surface area contributed by atoms with Gasteiger partial charge in [0.15, 0.2) is 0 Å². The van der Waals surface area contributed by atoms with E-state index in [2.05, 4.69) is 10.1 Å². The summed E-state index contributed by atoms with van der Waals surface area (Å²) in [6.07, 6.45) is -0.998. The van der Waals surface area contributed by atoms with E-state index in [-0.39, 0.29) is 45.9 Å². The molecule has 39 heavy (non-hydrogen) atoms. The number of carbonyl (C=O) groups excluding carboxylic acids is 4. The number of hydrogen-bond acceptors (Lipinski definition) is 10. The predicted octanol–water partition coefficient (Wildman–Crippen LogP) is 5.29. The molecule has 0 saturated carbocycles. The Morgan fingerprint density at radius 2 is 1.54 bits per heavy atom. The van der Waals surface area contributed by atoms with Gasteiger partial charge in [-0.2, -0.15) is 0 Å². The van der Waals surface area contributed by atoms with Gasteiger partial charge in [-0.1, -0.05) is 47.5 Å². The average Bonchev–Trinajstić information content (AvgIpc) is 2.89. The number of benzene rings is 2. The third kappa shape index (κ3) is 7.10. The topological polar surface area (TPSA) is 126 Å². The molecule has 2 aromatic rings. The molecule has 0 bridgehead atoms. The van der Waals surface area contributed by atoms with Crippen molar-refractivity contribution in [3.63, 3.8) is 0 Å². The van der Waals surface area contributed by atoms with Crippen LogP contribution >= 0.6 is 23.2 Å². The minimum atomic E-state index is -0.998. The molecule has 0 radical (unpaired) electrons. The van der Waals surface area contributed by atoms with Crippen molar-refractivity contribution < 1.29 is 42.9 Å². The van der Waals surface area contributed by atoms with Crippen molar-refractivity contribution in [3.8, 4) is 5.75 Å². The van der Waals surface area contributed by atoms with Crippen LogP contribution in [0.1, 0.15) is 42.6 Å². The molecule has 12 heteroatoms. The summed E-state index contributed by atoms with van der Waals surface area (Å²) >= 11 is 12.7. The summed E-state index contributed by atoms with van der Waals surface area (Å²) in [5.41, 5.74) is 1.38. The summed E-state index contributed by atoms with van der Waals surface area (Å²) in [5, 5.41) is 3.38. The lowest BCUT2D eigenvalue weighted by Crippen LogP contribution is -2.31. The lowest BCUT2D eigenvalue weighted by molar-refractivity contribution is -0.140. The number of carbonyl (C=O) groups is 4. The van der Waals surface area contributed by atoms with Crippen LogP contribution in [0.25, 0.3) is 0 Å². The second-order valence-corrected chi connectivity index (χ2v) is 8.93. The molecular formula is C27H25Cl2NO9.